The van der Waals surface area contributed by atoms with Crippen molar-refractivity contribution in [3.05, 3.63) is 76.9 Å². The van der Waals surface area contributed by atoms with E-state index in [0.29, 0.717) is 12.2 Å². The Balaban J connectivity index is 2.08. The lowest BCUT2D eigenvalue weighted by Gasteiger charge is -2.10. The van der Waals surface area contributed by atoms with Crippen LogP contribution in [0, 0.1) is 0 Å². The molecule has 0 aliphatic carbocycles. The van der Waals surface area contributed by atoms with Crippen LogP contribution in [0.15, 0.2) is 65.6 Å². The lowest BCUT2D eigenvalue weighted by molar-refractivity contribution is 0.111. The van der Waals surface area contributed by atoms with Crippen molar-refractivity contribution in [1.29, 1.82) is 0 Å². The van der Waals surface area contributed by atoms with Crippen LogP contribution < -0.4 is 0 Å². The number of para-hydroxylation sites is 1. The van der Waals surface area contributed by atoms with Crippen LogP contribution in [0.5, 0.6) is 0 Å². The number of aromatic nitrogens is 1. The Labute approximate surface area is 131 Å². The second kappa shape index (κ2) is 5.70. The number of hydrogen-bond acceptors (Lipinski definition) is 1. The Morgan fingerprint density at radius 1 is 1.10 bits per heavy atom. The highest BCUT2D eigenvalue weighted by atomic mass is 79.9. The zero-order valence-corrected chi connectivity index (χ0v) is 13.0. The van der Waals surface area contributed by atoms with Crippen molar-refractivity contribution < 1.29 is 4.79 Å². The molecule has 0 N–H and O–H groups in total. The average Bonchev–Trinajstić information content (AvgIpc) is 2.80. The lowest BCUT2D eigenvalue weighted by Crippen LogP contribution is -2.04. The van der Waals surface area contributed by atoms with E-state index < -0.39 is 0 Å². The summed E-state index contributed by atoms with van der Waals surface area (Å²) in [6.07, 6.45) is 0.891. The highest BCUT2D eigenvalue weighted by molar-refractivity contribution is 9.10. The van der Waals surface area contributed by atoms with Gasteiger partial charge in [-0.1, -0.05) is 55.1 Å². The molecule has 0 saturated heterocycles. The van der Waals surface area contributed by atoms with Crippen LogP contribution in [-0.4, -0.2) is 10.9 Å². The predicted molar refractivity (Wildman–Crippen MR) is 90.5 cm³/mol. The summed E-state index contributed by atoms with van der Waals surface area (Å²) in [6.45, 7) is 4.75. The Morgan fingerprint density at radius 2 is 1.76 bits per heavy atom. The maximum atomic E-state index is 11.5. The Morgan fingerprint density at radius 3 is 2.48 bits per heavy atom. The fourth-order valence-electron chi connectivity index (χ4n) is 2.52. The summed E-state index contributed by atoms with van der Waals surface area (Å²) in [5.41, 5.74) is 3.74. The molecule has 0 aliphatic heterocycles. The van der Waals surface area contributed by atoms with Gasteiger partial charge in [0.2, 0.25) is 0 Å². The third-order valence-corrected chi connectivity index (χ3v) is 4.42. The van der Waals surface area contributed by atoms with Crippen LogP contribution >= 0.6 is 15.9 Å². The van der Waals surface area contributed by atoms with Crippen LogP contribution in [0.2, 0.25) is 0 Å². The van der Waals surface area contributed by atoms with Gasteiger partial charge in [-0.25, -0.2) is 0 Å². The van der Waals surface area contributed by atoms with Crippen LogP contribution in [0.4, 0.5) is 0 Å². The van der Waals surface area contributed by atoms with E-state index in [4.69, 9.17) is 0 Å². The molecule has 104 valence electrons. The summed E-state index contributed by atoms with van der Waals surface area (Å²) < 4.78 is 2.84. The monoisotopic (exact) mass is 339 g/mol. The first-order valence-electron chi connectivity index (χ1n) is 6.67. The van der Waals surface area contributed by atoms with Crippen molar-refractivity contribution in [1.82, 2.24) is 4.57 Å². The number of allylic oxidation sites excluding steroid dienone is 1. The highest BCUT2D eigenvalue weighted by Crippen LogP contribution is 2.31. The summed E-state index contributed by atoms with van der Waals surface area (Å²) in [4.78, 5) is 11.5. The van der Waals surface area contributed by atoms with Gasteiger partial charge in [-0.05, 0) is 33.1 Å². The van der Waals surface area contributed by atoms with E-state index in [-0.39, 0.29) is 0 Å². The number of nitrogens with zero attached hydrogens (tertiary/aromatic N) is 1. The largest absolute Gasteiger partial charge is 0.333 e. The molecule has 0 radical (unpaired) electrons. The first kappa shape index (κ1) is 13.8. The minimum absolute atomic E-state index is 0.588. The molecule has 3 heteroatoms. The first-order chi connectivity index (χ1) is 10.2. The van der Waals surface area contributed by atoms with Crippen molar-refractivity contribution in [2.45, 2.75) is 6.54 Å². The molecule has 21 heavy (non-hydrogen) atoms. The van der Waals surface area contributed by atoms with Gasteiger partial charge >= 0.3 is 0 Å². The first-order valence-corrected chi connectivity index (χ1v) is 7.46. The van der Waals surface area contributed by atoms with Gasteiger partial charge < -0.3 is 4.57 Å². The summed E-state index contributed by atoms with van der Waals surface area (Å²) in [5.74, 6) is 0. The quantitative estimate of drug-likeness (QED) is 0.617. The SMILES string of the molecule is C=C(Cn1c(C=O)c(Br)c2ccccc21)c1ccccc1. The highest BCUT2D eigenvalue weighted by Gasteiger charge is 2.15. The fourth-order valence-corrected chi connectivity index (χ4v) is 3.17. The topological polar surface area (TPSA) is 22.0 Å². The van der Waals surface area contributed by atoms with Crippen LogP contribution in [0.3, 0.4) is 0 Å². The number of aldehydes is 1. The zero-order chi connectivity index (χ0) is 14.8. The lowest BCUT2D eigenvalue weighted by atomic mass is 10.1. The number of carbonyl (C=O) groups is 1. The van der Waals surface area contributed by atoms with Gasteiger partial charge in [0, 0.05) is 11.9 Å². The van der Waals surface area contributed by atoms with E-state index >= 15 is 0 Å². The molecule has 0 amide bonds. The van der Waals surface area contributed by atoms with Crippen LogP contribution in [-0.2, 0) is 6.54 Å². The van der Waals surface area contributed by atoms with Gasteiger partial charge in [-0.15, -0.1) is 0 Å². The molecular weight excluding hydrogens is 326 g/mol. The molecule has 3 rings (SSSR count). The number of halogens is 1. The van der Waals surface area contributed by atoms with Gasteiger partial charge in [0.05, 0.1) is 15.7 Å². The molecular formula is C18H14BrNO. The molecule has 0 spiro atoms. The molecule has 3 aromatic rings. The summed E-state index contributed by atoms with van der Waals surface area (Å²) in [5, 5.41) is 1.04. The van der Waals surface area contributed by atoms with Crippen LogP contribution in [0.25, 0.3) is 16.5 Å². The number of fused-ring (bicyclic) bond motifs is 1. The van der Waals surface area contributed by atoms with E-state index in [1.165, 1.54) is 0 Å². The predicted octanol–water partition coefficient (Wildman–Crippen LogP) is 4.93. The number of rotatable bonds is 4. The van der Waals surface area contributed by atoms with Gasteiger partial charge in [-0.2, -0.15) is 0 Å². The van der Waals surface area contributed by atoms with Gasteiger partial charge in [0.25, 0.3) is 0 Å². The maximum Gasteiger partial charge on any atom is 0.167 e. The standard InChI is InChI=1S/C18H14BrNO/c1-13(14-7-3-2-4-8-14)11-20-16-10-6-5-9-15(16)18(19)17(20)12-21/h2-10,12H,1,11H2. The van der Waals surface area contributed by atoms with E-state index in [9.17, 15) is 4.79 Å². The summed E-state index contributed by atoms with van der Waals surface area (Å²) in [6, 6.07) is 18.0. The van der Waals surface area contributed by atoms with Crippen molar-refractivity contribution in [3.63, 3.8) is 0 Å². The average molecular weight is 340 g/mol. The number of hydrogen-bond donors (Lipinski definition) is 0. The van der Waals surface area contributed by atoms with Gasteiger partial charge in [0.1, 0.15) is 0 Å². The number of carbonyl (C=O) groups excluding carboxylic acids is 1. The Kier molecular flexibility index (Phi) is 3.76. The Hall–Kier alpha value is -2.13. The van der Waals surface area contributed by atoms with E-state index in [0.717, 1.165) is 32.8 Å². The smallest absolute Gasteiger partial charge is 0.167 e. The molecule has 0 saturated carbocycles. The molecule has 1 aromatic heterocycles. The molecule has 2 nitrogen and oxygen atoms in total. The number of benzene rings is 2. The maximum absolute atomic E-state index is 11.5. The molecule has 0 atom stereocenters. The molecule has 0 aliphatic rings. The zero-order valence-electron chi connectivity index (χ0n) is 11.4. The van der Waals surface area contributed by atoms with E-state index in [1.54, 1.807) is 0 Å². The van der Waals surface area contributed by atoms with Crippen molar-refractivity contribution >= 4 is 38.7 Å². The summed E-state index contributed by atoms with van der Waals surface area (Å²) in [7, 11) is 0. The summed E-state index contributed by atoms with van der Waals surface area (Å²) >= 11 is 3.53. The molecule has 2 aromatic carbocycles. The fraction of sp³-hybridized carbons (Fsp3) is 0.0556. The van der Waals surface area contributed by atoms with Crippen molar-refractivity contribution in [3.8, 4) is 0 Å². The van der Waals surface area contributed by atoms with Gasteiger partial charge in [-0.3, -0.25) is 4.79 Å². The molecule has 0 unspecified atom stereocenters. The third kappa shape index (κ3) is 2.45. The molecule has 1 heterocycles. The second-order valence-electron chi connectivity index (χ2n) is 4.89. The van der Waals surface area contributed by atoms with E-state index in [1.807, 2.05) is 59.2 Å². The molecule has 0 bridgehead atoms. The third-order valence-electron chi connectivity index (χ3n) is 3.59. The van der Waals surface area contributed by atoms with Crippen LogP contribution in [0.1, 0.15) is 16.1 Å². The Bertz CT molecular complexity index is 818. The normalized spacial score (nSPS) is 10.7. The van der Waals surface area contributed by atoms with E-state index in [2.05, 4.69) is 22.5 Å². The van der Waals surface area contributed by atoms with Gasteiger partial charge in [0.15, 0.2) is 6.29 Å². The minimum atomic E-state index is 0.588. The second-order valence-corrected chi connectivity index (χ2v) is 5.68. The minimum Gasteiger partial charge on any atom is -0.333 e. The van der Waals surface area contributed by atoms with Crippen molar-refractivity contribution in [2.24, 2.45) is 0 Å². The van der Waals surface area contributed by atoms with Crippen molar-refractivity contribution in [2.75, 3.05) is 0 Å². The molecule has 0 fully saturated rings.